The SMILES string of the molecule is C#CC(O/N=C1/c2cc(OC)c(OC)cc2-c2[nH]c3ccc(OCCN(C)C)cc3c21)C(C)C. The number of nitrogens with zero attached hydrogens (tertiary/aromatic N) is 2. The van der Waals surface area contributed by atoms with E-state index in [-0.39, 0.29) is 5.92 Å². The second-order valence-corrected chi connectivity index (χ2v) is 8.86. The van der Waals surface area contributed by atoms with Crippen LogP contribution in [0.1, 0.15) is 25.0 Å². The van der Waals surface area contributed by atoms with Crippen molar-refractivity contribution in [1.82, 2.24) is 9.88 Å². The number of hydrogen-bond donors (Lipinski definition) is 1. The molecule has 1 unspecified atom stereocenters. The van der Waals surface area contributed by atoms with Crippen LogP contribution in [0, 0.1) is 18.3 Å². The Morgan fingerprint density at radius 1 is 1.06 bits per heavy atom. The van der Waals surface area contributed by atoms with Crippen molar-refractivity contribution in [3.63, 3.8) is 0 Å². The van der Waals surface area contributed by atoms with Gasteiger partial charge in [0, 0.05) is 40.1 Å². The van der Waals surface area contributed by atoms with Crippen molar-refractivity contribution in [2.45, 2.75) is 20.0 Å². The van der Waals surface area contributed by atoms with E-state index in [4.69, 9.17) is 25.5 Å². The fourth-order valence-corrected chi connectivity index (χ4v) is 4.02. The van der Waals surface area contributed by atoms with Gasteiger partial charge >= 0.3 is 0 Å². The maximum atomic E-state index is 5.99. The Bertz CT molecular complexity index is 1270. The van der Waals surface area contributed by atoms with Crippen LogP contribution in [-0.2, 0) is 4.84 Å². The first kappa shape index (κ1) is 23.5. The molecule has 2 aromatic carbocycles. The number of H-pyrrole nitrogens is 1. The van der Waals surface area contributed by atoms with Gasteiger partial charge in [-0.1, -0.05) is 24.9 Å². The summed E-state index contributed by atoms with van der Waals surface area (Å²) >= 11 is 0. The van der Waals surface area contributed by atoms with Crippen LogP contribution >= 0.6 is 0 Å². The zero-order chi connectivity index (χ0) is 24.4. The summed E-state index contributed by atoms with van der Waals surface area (Å²) in [6.07, 6.45) is 5.25. The molecule has 34 heavy (non-hydrogen) atoms. The van der Waals surface area contributed by atoms with Gasteiger partial charge in [-0.3, -0.25) is 0 Å². The number of hydrogen-bond acceptors (Lipinski definition) is 6. The molecule has 4 rings (SSSR count). The van der Waals surface area contributed by atoms with E-state index in [9.17, 15) is 0 Å². The zero-order valence-corrected chi connectivity index (χ0v) is 20.6. The van der Waals surface area contributed by atoms with E-state index in [1.54, 1.807) is 14.2 Å². The van der Waals surface area contributed by atoms with Gasteiger partial charge in [0.15, 0.2) is 17.6 Å². The highest BCUT2D eigenvalue weighted by atomic mass is 16.6. The van der Waals surface area contributed by atoms with Gasteiger partial charge in [-0.15, -0.1) is 6.42 Å². The second kappa shape index (κ2) is 9.70. The molecule has 7 heteroatoms. The van der Waals surface area contributed by atoms with Crippen LogP contribution in [-0.4, -0.2) is 63.2 Å². The smallest absolute Gasteiger partial charge is 0.189 e. The predicted molar refractivity (Wildman–Crippen MR) is 135 cm³/mol. The highest BCUT2D eigenvalue weighted by Crippen LogP contribution is 2.46. The number of likely N-dealkylation sites (N-methyl/N-ethyl adjacent to an activating group) is 1. The van der Waals surface area contributed by atoms with Crippen molar-refractivity contribution in [1.29, 1.82) is 0 Å². The summed E-state index contributed by atoms with van der Waals surface area (Å²) in [5, 5.41) is 5.57. The Morgan fingerprint density at radius 2 is 1.76 bits per heavy atom. The van der Waals surface area contributed by atoms with Gasteiger partial charge in [-0.25, -0.2) is 0 Å². The van der Waals surface area contributed by atoms with Gasteiger partial charge in [0.1, 0.15) is 18.1 Å². The molecule has 0 saturated carbocycles. The average Bonchev–Trinajstić information content (AvgIpc) is 3.32. The number of nitrogens with one attached hydrogen (secondary N) is 1. The van der Waals surface area contributed by atoms with Gasteiger partial charge in [0.05, 0.1) is 19.9 Å². The molecule has 0 radical (unpaired) electrons. The molecule has 0 amide bonds. The molecule has 3 aromatic rings. The Hall–Kier alpha value is -3.63. The lowest BCUT2D eigenvalue weighted by Gasteiger charge is -2.14. The second-order valence-electron chi connectivity index (χ2n) is 8.86. The monoisotopic (exact) mass is 461 g/mol. The summed E-state index contributed by atoms with van der Waals surface area (Å²) in [5.74, 6) is 4.86. The highest BCUT2D eigenvalue weighted by Gasteiger charge is 2.32. The van der Waals surface area contributed by atoms with E-state index in [2.05, 4.69) is 21.0 Å². The molecule has 7 nitrogen and oxygen atoms in total. The van der Waals surface area contributed by atoms with E-state index in [1.165, 1.54) is 0 Å². The Labute approximate surface area is 200 Å². The number of terminal acetylenes is 1. The van der Waals surface area contributed by atoms with Crippen molar-refractivity contribution in [3.8, 4) is 40.8 Å². The summed E-state index contributed by atoms with van der Waals surface area (Å²) < 4.78 is 17.1. The standard InChI is InChI=1S/C27H31N3O4/c1-8-22(16(2)3)34-29-27-19-15-24(32-7)23(31-6)14-18(19)26-25(27)20-13-17(9-10-21(20)28-26)33-12-11-30(4)5/h1,9-10,13-16,22,28H,11-12H2,2-7H3/b29-27-. The number of aromatic nitrogens is 1. The molecule has 1 atom stereocenters. The predicted octanol–water partition coefficient (Wildman–Crippen LogP) is 4.53. The first-order chi connectivity index (χ1) is 16.4. The number of ether oxygens (including phenoxy) is 3. The minimum absolute atomic E-state index is 0.125. The molecule has 0 saturated heterocycles. The third-order valence-corrected chi connectivity index (χ3v) is 5.89. The van der Waals surface area contributed by atoms with E-state index >= 15 is 0 Å². The number of benzene rings is 2. The van der Waals surface area contributed by atoms with Crippen molar-refractivity contribution in [2.24, 2.45) is 11.1 Å². The summed E-state index contributed by atoms with van der Waals surface area (Å²) in [6.45, 7) is 5.45. The van der Waals surface area contributed by atoms with Crippen molar-refractivity contribution in [2.75, 3.05) is 41.5 Å². The van der Waals surface area contributed by atoms with Crippen LogP contribution in [0.2, 0.25) is 0 Å². The molecular weight excluding hydrogens is 430 g/mol. The number of aromatic amines is 1. The lowest BCUT2D eigenvalue weighted by atomic mass is 10.1. The normalized spacial score (nSPS) is 14.3. The molecule has 0 aliphatic heterocycles. The van der Waals surface area contributed by atoms with Crippen molar-refractivity contribution >= 4 is 16.6 Å². The van der Waals surface area contributed by atoms with Gasteiger partial charge in [-0.2, -0.15) is 0 Å². The molecule has 0 fully saturated rings. The minimum atomic E-state index is -0.435. The molecule has 0 spiro atoms. The number of rotatable bonds is 9. The number of oxime groups is 1. The Balaban J connectivity index is 1.85. The van der Waals surface area contributed by atoms with Gasteiger partial charge in [0.2, 0.25) is 0 Å². The summed E-state index contributed by atoms with van der Waals surface area (Å²) in [4.78, 5) is 11.5. The molecule has 1 heterocycles. The highest BCUT2D eigenvalue weighted by molar-refractivity contribution is 6.30. The lowest BCUT2D eigenvalue weighted by Crippen LogP contribution is -2.19. The molecule has 178 valence electrons. The fourth-order valence-electron chi connectivity index (χ4n) is 4.02. The van der Waals surface area contributed by atoms with E-state index < -0.39 is 6.10 Å². The summed E-state index contributed by atoms with van der Waals surface area (Å²) in [6, 6.07) is 9.92. The fraction of sp³-hybridized carbons (Fsp3) is 0.370. The van der Waals surface area contributed by atoms with Gasteiger partial charge in [0.25, 0.3) is 0 Å². The van der Waals surface area contributed by atoms with E-state index in [0.29, 0.717) is 23.8 Å². The number of methoxy groups -OCH3 is 2. The minimum Gasteiger partial charge on any atom is -0.493 e. The Morgan fingerprint density at radius 3 is 2.38 bits per heavy atom. The first-order valence-corrected chi connectivity index (χ1v) is 11.3. The maximum absolute atomic E-state index is 5.99. The first-order valence-electron chi connectivity index (χ1n) is 11.3. The van der Waals surface area contributed by atoms with Crippen LogP contribution in [0.4, 0.5) is 0 Å². The maximum Gasteiger partial charge on any atom is 0.189 e. The average molecular weight is 462 g/mol. The molecule has 1 aliphatic rings. The molecule has 1 N–H and O–H groups in total. The van der Waals surface area contributed by atoms with Crippen molar-refractivity contribution in [3.05, 3.63) is 41.5 Å². The van der Waals surface area contributed by atoms with Crippen LogP contribution in [0.5, 0.6) is 17.2 Å². The van der Waals surface area contributed by atoms with Crippen LogP contribution in [0.15, 0.2) is 35.5 Å². The van der Waals surface area contributed by atoms with Crippen LogP contribution < -0.4 is 14.2 Å². The van der Waals surface area contributed by atoms with Gasteiger partial charge < -0.3 is 28.9 Å². The lowest BCUT2D eigenvalue weighted by molar-refractivity contribution is 0.0681. The topological polar surface area (TPSA) is 68.3 Å². The molecule has 1 aromatic heterocycles. The third kappa shape index (κ3) is 4.29. The third-order valence-electron chi connectivity index (χ3n) is 5.89. The zero-order valence-electron chi connectivity index (χ0n) is 20.6. The van der Waals surface area contributed by atoms with Gasteiger partial charge in [-0.05, 0) is 44.4 Å². The van der Waals surface area contributed by atoms with Crippen molar-refractivity contribution < 1.29 is 19.0 Å². The van der Waals surface area contributed by atoms with Crippen LogP contribution in [0.3, 0.4) is 0 Å². The van der Waals surface area contributed by atoms with E-state index in [0.717, 1.165) is 45.6 Å². The quantitative estimate of drug-likeness (QED) is 0.293. The summed E-state index contributed by atoms with van der Waals surface area (Å²) in [5.41, 5.74) is 5.42. The molecular formula is C27H31N3O4. The van der Waals surface area contributed by atoms with Crippen LogP contribution in [0.25, 0.3) is 22.2 Å². The molecule has 1 aliphatic carbocycles. The largest absolute Gasteiger partial charge is 0.493 e. The van der Waals surface area contributed by atoms with E-state index in [1.807, 2.05) is 58.3 Å². The molecule has 0 bridgehead atoms. The number of fused-ring (bicyclic) bond motifs is 5. The Kier molecular flexibility index (Phi) is 6.71. The summed E-state index contributed by atoms with van der Waals surface area (Å²) in [7, 11) is 7.29.